The van der Waals surface area contributed by atoms with Crippen LogP contribution < -0.4 is 5.32 Å². The zero-order valence-corrected chi connectivity index (χ0v) is 13.6. The Morgan fingerprint density at radius 3 is 2.60 bits per heavy atom. The molecule has 0 aromatic carbocycles. The Hall–Kier alpha value is -0.120. The molecule has 3 nitrogen and oxygen atoms in total. The highest BCUT2D eigenvalue weighted by atomic mass is 15.2. The molecular formula is C17H33N3. The third-order valence-electron chi connectivity index (χ3n) is 5.81. The lowest BCUT2D eigenvalue weighted by atomic mass is 9.83. The summed E-state index contributed by atoms with van der Waals surface area (Å²) in [7, 11) is 2.33. The molecule has 3 aliphatic rings. The second kappa shape index (κ2) is 6.33. The van der Waals surface area contributed by atoms with Crippen molar-refractivity contribution >= 4 is 0 Å². The summed E-state index contributed by atoms with van der Waals surface area (Å²) < 4.78 is 0. The molecule has 0 radical (unpaired) electrons. The summed E-state index contributed by atoms with van der Waals surface area (Å²) in [5.41, 5.74) is 0. The van der Waals surface area contributed by atoms with Crippen LogP contribution in [-0.4, -0.2) is 61.2 Å². The molecule has 20 heavy (non-hydrogen) atoms. The number of fused-ring (bicyclic) bond motifs is 1. The van der Waals surface area contributed by atoms with E-state index >= 15 is 0 Å². The van der Waals surface area contributed by atoms with Gasteiger partial charge in [-0.25, -0.2) is 0 Å². The van der Waals surface area contributed by atoms with Gasteiger partial charge in [-0.15, -0.1) is 0 Å². The van der Waals surface area contributed by atoms with Gasteiger partial charge in [0.25, 0.3) is 0 Å². The van der Waals surface area contributed by atoms with E-state index in [2.05, 4.69) is 36.0 Å². The summed E-state index contributed by atoms with van der Waals surface area (Å²) in [6, 6.07) is 2.45. The SMILES string of the molecule is CC(C)C(CNC1CC1)N1CCC2C(CCCN2C)C1. The first-order valence-corrected chi connectivity index (χ1v) is 8.83. The van der Waals surface area contributed by atoms with E-state index in [0.29, 0.717) is 0 Å². The first-order valence-electron chi connectivity index (χ1n) is 8.83. The number of likely N-dealkylation sites (tertiary alicyclic amines) is 2. The summed E-state index contributed by atoms with van der Waals surface area (Å²) in [5, 5.41) is 3.76. The molecule has 1 N–H and O–H groups in total. The monoisotopic (exact) mass is 279 g/mol. The molecule has 3 fully saturated rings. The van der Waals surface area contributed by atoms with Gasteiger partial charge in [0.05, 0.1) is 0 Å². The maximum Gasteiger partial charge on any atom is 0.0243 e. The van der Waals surface area contributed by atoms with Crippen LogP contribution in [0.1, 0.15) is 46.0 Å². The standard InChI is InChI=1S/C17H33N3/c1-13(2)17(11-18-15-6-7-15)20-10-8-16-14(12-20)5-4-9-19(16)3/h13-18H,4-12H2,1-3H3. The fourth-order valence-corrected chi connectivity index (χ4v) is 4.34. The van der Waals surface area contributed by atoms with Crippen LogP contribution in [0, 0.1) is 11.8 Å². The van der Waals surface area contributed by atoms with E-state index in [-0.39, 0.29) is 0 Å². The van der Waals surface area contributed by atoms with Gasteiger partial charge in [-0.3, -0.25) is 4.90 Å². The summed E-state index contributed by atoms with van der Waals surface area (Å²) in [6.45, 7) is 9.97. The van der Waals surface area contributed by atoms with E-state index in [1.54, 1.807) is 0 Å². The average Bonchev–Trinajstić information content (AvgIpc) is 3.23. The van der Waals surface area contributed by atoms with Gasteiger partial charge in [-0.05, 0) is 57.5 Å². The molecule has 0 spiro atoms. The topological polar surface area (TPSA) is 18.5 Å². The van der Waals surface area contributed by atoms with E-state index in [1.165, 1.54) is 58.3 Å². The molecule has 1 aliphatic carbocycles. The van der Waals surface area contributed by atoms with E-state index in [4.69, 9.17) is 0 Å². The lowest BCUT2D eigenvalue weighted by Gasteiger charge is -2.48. The molecule has 2 aliphatic heterocycles. The Kier molecular flexibility index (Phi) is 4.68. The van der Waals surface area contributed by atoms with Crippen LogP contribution in [0.3, 0.4) is 0 Å². The van der Waals surface area contributed by atoms with Crippen molar-refractivity contribution in [1.82, 2.24) is 15.1 Å². The maximum absolute atomic E-state index is 3.76. The van der Waals surface area contributed by atoms with Crippen molar-refractivity contribution in [3.8, 4) is 0 Å². The van der Waals surface area contributed by atoms with Gasteiger partial charge in [0.2, 0.25) is 0 Å². The third-order valence-corrected chi connectivity index (χ3v) is 5.81. The molecule has 2 saturated heterocycles. The van der Waals surface area contributed by atoms with Crippen molar-refractivity contribution in [1.29, 1.82) is 0 Å². The second-order valence-corrected chi connectivity index (χ2v) is 7.73. The van der Waals surface area contributed by atoms with Gasteiger partial charge < -0.3 is 10.2 Å². The average molecular weight is 279 g/mol. The van der Waals surface area contributed by atoms with Crippen molar-refractivity contribution in [2.75, 3.05) is 33.2 Å². The van der Waals surface area contributed by atoms with Crippen molar-refractivity contribution < 1.29 is 0 Å². The number of hydrogen-bond acceptors (Lipinski definition) is 3. The molecule has 3 rings (SSSR count). The van der Waals surface area contributed by atoms with Crippen molar-refractivity contribution in [2.24, 2.45) is 11.8 Å². The summed E-state index contributed by atoms with van der Waals surface area (Å²) in [4.78, 5) is 5.43. The molecule has 0 aromatic heterocycles. The van der Waals surface area contributed by atoms with Crippen molar-refractivity contribution in [3.05, 3.63) is 0 Å². The lowest BCUT2D eigenvalue weighted by molar-refractivity contribution is 0.0106. The van der Waals surface area contributed by atoms with Crippen LogP contribution >= 0.6 is 0 Å². The molecule has 0 amide bonds. The molecule has 3 atom stereocenters. The number of piperidine rings is 2. The van der Waals surface area contributed by atoms with Crippen LogP contribution in [0.5, 0.6) is 0 Å². The molecule has 116 valence electrons. The van der Waals surface area contributed by atoms with Gasteiger partial charge >= 0.3 is 0 Å². The predicted molar refractivity (Wildman–Crippen MR) is 85.0 cm³/mol. The molecule has 0 bridgehead atoms. The van der Waals surface area contributed by atoms with E-state index in [0.717, 1.165) is 30.0 Å². The fraction of sp³-hybridized carbons (Fsp3) is 1.00. The minimum atomic E-state index is 0.740. The Morgan fingerprint density at radius 1 is 1.10 bits per heavy atom. The van der Waals surface area contributed by atoms with Crippen LogP contribution in [0.15, 0.2) is 0 Å². The van der Waals surface area contributed by atoms with E-state index in [1.807, 2.05) is 0 Å². The van der Waals surface area contributed by atoms with E-state index in [9.17, 15) is 0 Å². The van der Waals surface area contributed by atoms with Gasteiger partial charge in [0, 0.05) is 37.8 Å². The van der Waals surface area contributed by atoms with Crippen LogP contribution in [0.4, 0.5) is 0 Å². The number of nitrogens with one attached hydrogen (secondary N) is 1. The van der Waals surface area contributed by atoms with Gasteiger partial charge in [-0.2, -0.15) is 0 Å². The first kappa shape index (κ1) is 14.8. The number of nitrogens with zero attached hydrogens (tertiary/aromatic N) is 2. The minimum absolute atomic E-state index is 0.740. The Morgan fingerprint density at radius 2 is 1.90 bits per heavy atom. The molecule has 3 unspecified atom stereocenters. The smallest absolute Gasteiger partial charge is 0.0243 e. The van der Waals surface area contributed by atoms with Crippen LogP contribution in [0.2, 0.25) is 0 Å². The largest absolute Gasteiger partial charge is 0.312 e. The summed E-state index contributed by atoms with van der Waals surface area (Å²) >= 11 is 0. The molecule has 0 aromatic rings. The first-order chi connectivity index (χ1) is 9.65. The number of rotatable bonds is 5. The maximum atomic E-state index is 3.76. The Bertz CT molecular complexity index is 313. The van der Waals surface area contributed by atoms with E-state index < -0.39 is 0 Å². The Balaban J connectivity index is 1.57. The highest BCUT2D eigenvalue weighted by molar-refractivity contribution is 4.93. The highest BCUT2D eigenvalue weighted by Gasteiger charge is 2.37. The number of hydrogen-bond donors (Lipinski definition) is 1. The lowest BCUT2D eigenvalue weighted by Crippen LogP contribution is -2.57. The van der Waals surface area contributed by atoms with Crippen molar-refractivity contribution in [3.63, 3.8) is 0 Å². The minimum Gasteiger partial charge on any atom is -0.312 e. The second-order valence-electron chi connectivity index (χ2n) is 7.73. The normalized spacial score (nSPS) is 34.2. The molecular weight excluding hydrogens is 246 g/mol. The predicted octanol–water partition coefficient (Wildman–Crippen LogP) is 2.18. The highest BCUT2D eigenvalue weighted by Crippen LogP contribution is 2.31. The van der Waals surface area contributed by atoms with Gasteiger partial charge in [0.15, 0.2) is 0 Å². The van der Waals surface area contributed by atoms with Gasteiger partial charge in [0.1, 0.15) is 0 Å². The quantitative estimate of drug-likeness (QED) is 0.832. The van der Waals surface area contributed by atoms with Crippen molar-refractivity contribution in [2.45, 2.75) is 64.1 Å². The summed E-state index contributed by atoms with van der Waals surface area (Å²) in [6.07, 6.45) is 7.04. The zero-order chi connectivity index (χ0) is 14.1. The van der Waals surface area contributed by atoms with Gasteiger partial charge in [-0.1, -0.05) is 13.8 Å². The third kappa shape index (κ3) is 3.37. The zero-order valence-electron chi connectivity index (χ0n) is 13.6. The Labute approximate surface area is 125 Å². The molecule has 1 saturated carbocycles. The molecule has 3 heteroatoms. The summed E-state index contributed by atoms with van der Waals surface area (Å²) in [5.74, 6) is 1.68. The van der Waals surface area contributed by atoms with Crippen LogP contribution in [0.25, 0.3) is 0 Å². The van der Waals surface area contributed by atoms with Crippen LogP contribution in [-0.2, 0) is 0 Å². The molecule has 2 heterocycles. The fourth-order valence-electron chi connectivity index (χ4n) is 4.34.